The predicted octanol–water partition coefficient (Wildman–Crippen LogP) is 2.46. The third kappa shape index (κ3) is 5.09. The van der Waals surface area contributed by atoms with Crippen LogP contribution < -0.4 is 14.8 Å². The fourth-order valence-electron chi connectivity index (χ4n) is 1.89. The van der Waals surface area contributed by atoms with Gasteiger partial charge in [-0.15, -0.1) is 22.0 Å². The van der Waals surface area contributed by atoms with Crippen molar-refractivity contribution in [3.05, 3.63) is 18.2 Å². The van der Waals surface area contributed by atoms with E-state index in [1.807, 2.05) is 6.07 Å². The summed E-state index contributed by atoms with van der Waals surface area (Å²) in [6, 6.07) is 5.36. The summed E-state index contributed by atoms with van der Waals surface area (Å²) in [4.78, 5) is 23.3. The zero-order valence-electron chi connectivity index (χ0n) is 14.8. The number of carbonyl (C=O) groups excluding carboxylic acids is 2. The van der Waals surface area contributed by atoms with Crippen LogP contribution in [0.15, 0.2) is 18.2 Å². The highest BCUT2D eigenvalue weighted by molar-refractivity contribution is 8.01. The Kier molecular flexibility index (Phi) is 7.22. The molecule has 8 nitrogen and oxygen atoms in total. The van der Waals surface area contributed by atoms with Gasteiger partial charge in [-0.1, -0.05) is 11.3 Å². The molecule has 0 saturated heterocycles. The highest BCUT2D eigenvalue weighted by atomic mass is 32.2. The Morgan fingerprint density at radius 2 is 2.00 bits per heavy atom. The van der Waals surface area contributed by atoms with E-state index >= 15 is 0 Å². The Morgan fingerprint density at radius 3 is 2.65 bits per heavy atom. The molecule has 0 fully saturated rings. The van der Waals surface area contributed by atoms with Crippen LogP contribution in [-0.4, -0.2) is 54.4 Å². The lowest BCUT2D eigenvalue weighted by molar-refractivity contribution is -0.137. The first kappa shape index (κ1) is 20.0. The largest absolute Gasteiger partial charge is 0.497 e. The van der Waals surface area contributed by atoms with Gasteiger partial charge in [-0.2, -0.15) is 0 Å². The van der Waals surface area contributed by atoms with Gasteiger partial charge in [0, 0.05) is 6.07 Å². The van der Waals surface area contributed by atoms with Crippen molar-refractivity contribution in [2.45, 2.75) is 12.2 Å². The number of carbonyl (C=O) groups is 2. The molecule has 140 valence electrons. The molecule has 0 aliphatic carbocycles. The number of thioether (sulfide) groups is 1. The fourth-order valence-corrected chi connectivity index (χ4v) is 3.38. The Hall–Kier alpha value is -2.33. The van der Waals surface area contributed by atoms with E-state index in [9.17, 15) is 9.59 Å². The number of hydrogen-bond acceptors (Lipinski definition) is 9. The summed E-state index contributed by atoms with van der Waals surface area (Å²) in [5.41, 5.74) is 0.749. The average molecular weight is 397 g/mol. The molecule has 0 radical (unpaired) electrons. The number of hydrogen-bond donors (Lipinski definition) is 1. The van der Waals surface area contributed by atoms with Crippen molar-refractivity contribution >= 4 is 40.1 Å². The SMILES string of the molecule is COC(=O)CS[C@H](C)C(=O)Nc1nnc(-c2ccc(OC)cc2OC)s1. The van der Waals surface area contributed by atoms with Crippen molar-refractivity contribution in [1.29, 1.82) is 0 Å². The van der Waals surface area contributed by atoms with Crippen LogP contribution >= 0.6 is 23.1 Å². The average Bonchev–Trinajstić information content (AvgIpc) is 3.13. The number of benzene rings is 1. The molecule has 26 heavy (non-hydrogen) atoms. The second-order valence-electron chi connectivity index (χ2n) is 5.00. The highest BCUT2D eigenvalue weighted by Gasteiger charge is 2.18. The fraction of sp³-hybridized carbons (Fsp3) is 0.375. The van der Waals surface area contributed by atoms with Crippen LogP contribution in [0.25, 0.3) is 10.6 Å². The molecule has 0 bridgehead atoms. The molecule has 1 amide bonds. The number of ether oxygens (including phenoxy) is 3. The van der Waals surface area contributed by atoms with Gasteiger partial charge in [-0.3, -0.25) is 14.9 Å². The molecule has 1 N–H and O–H groups in total. The van der Waals surface area contributed by atoms with Crippen LogP contribution in [0.5, 0.6) is 11.5 Å². The van der Waals surface area contributed by atoms with Crippen molar-refractivity contribution in [2.24, 2.45) is 0 Å². The molecular weight excluding hydrogens is 378 g/mol. The molecule has 1 heterocycles. The number of aromatic nitrogens is 2. The first-order valence-electron chi connectivity index (χ1n) is 7.53. The molecule has 0 aliphatic rings. The number of esters is 1. The summed E-state index contributed by atoms with van der Waals surface area (Å²) in [6.45, 7) is 1.71. The topological polar surface area (TPSA) is 99.6 Å². The Balaban J connectivity index is 2.06. The minimum atomic E-state index is -0.433. The molecule has 2 aromatic rings. The first-order chi connectivity index (χ1) is 12.5. The van der Waals surface area contributed by atoms with Gasteiger partial charge >= 0.3 is 5.97 Å². The number of anilines is 1. The molecule has 0 unspecified atom stereocenters. The molecule has 1 aromatic carbocycles. The van der Waals surface area contributed by atoms with Crippen molar-refractivity contribution in [3.63, 3.8) is 0 Å². The summed E-state index contributed by atoms with van der Waals surface area (Å²) in [5.74, 6) is 0.735. The Bertz CT molecular complexity index is 781. The summed E-state index contributed by atoms with van der Waals surface area (Å²) >= 11 is 2.41. The number of amides is 1. The number of rotatable bonds is 8. The van der Waals surface area contributed by atoms with E-state index in [-0.39, 0.29) is 17.6 Å². The molecule has 0 spiro atoms. The lowest BCUT2D eigenvalue weighted by atomic mass is 10.2. The zero-order valence-corrected chi connectivity index (χ0v) is 16.4. The van der Waals surface area contributed by atoms with Gasteiger partial charge < -0.3 is 14.2 Å². The van der Waals surface area contributed by atoms with E-state index in [0.717, 1.165) is 5.56 Å². The Morgan fingerprint density at radius 1 is 1.23 bits per heavy atom. The lowest BCUT2D eigenvalue weighted by Gasteiger charge is -2.09. The quantitative estimate of drug-likeness (QED) is 0.678. The second-order valence-corrected chi connectivity index (χ2v) is 7.30. The molecule has 1 atom stereocenters. The zero-order chi connectivity index (χ0) is 19.1. The molecule has 1 aromatic heterocycles. The van der Waals surface area contributed by atoms with Crippen LogP contribution in [0.1, 0.15) is 6.92 Å². The molecule has 0 aliphatic heterocycles. The maximum atomic E-state index is 12.2. The predicted molar refractivity (Wildman–Crippen MR) is 101 cm³/mol. The highest BCUT2D eigenvalue weighted by Crippen LogP contribution is 2.36. The minimum Gasteiger partial charge on any atom is -0.497 e. The summed E-state index contributed by atoms with van der Waals surface area (Å²) < 4.78 is 15.1. The van der Waals surface area contributed by atoms with Crippen LogP contribution in [-0.2, 0) is 14.3 Å². The van der Waals surface area contributed by atoms with Gasteiger partial charge in [-0.05, 0) is 19.1 Å². The van der Waals surface area contributed by atoms with E-state index in [0.29, 0.717) is 21.6 Å². The van der Waals surface area contributed by atoms with Gasteiger partial charge in [0.2, 0.25) is 11.0 Å². The van der Waals surface area contributed by atoms with E-state index in [2.05, 4.69) is 20.3 Å². The van der Waals surface area contributed by atoms with Crippen molar-refractivity contribution < 1.29 is 23.8 Å². The lowest BCUT2D eigenvalue weighted by Crippen LogP contribution is -2.23. The van der Waals surface area contributed by atoms with Crippen LogP contribution in [0.4, 0.5) is 5.13 Å². The standard InChI is InChI=1S/C16H19N3O5S2/c1-9(25-8-13(20)24-4)14(21)17-16-19-18-15(26-16)11-6-5-10(22-2)7-12(11)23-3/h5-7,9H,8H2,1-4H3,(H,17,19,21)/t9-/m1/s1. The first-order valence-corrected chi connectivity index (χ1v) is 9.40. The molecule has 0 saturated carbocycles. The van der Waals surface area contributed by atoms with Crippen molar-refractivity contribution in [1.82, 2.24) is 10.2 Å². The smallest absolute Gasteiger partial charge is 0.315 e. The number of methoxy groups -OCH3 is 3. The van der Waals surface area contributed by atoms with Crippen LogP contribution in [0.3, 0.4) is 0 Å². The minimum absolute atomic E-state index is 0.107. The van der Waals surface area contributed by atoms with Gasteiger partial charge in [0.25, 0.3) is 0 Å². The molecule has 10 heteroatoms. The normalized spacial score (nSPS) is 11.5. The van der Waals surface area contributed by atoms with Crippen LogP contribution in [0.2, 0.25) is 0 Å². The van der Waals surface area contributed by atoms with Gasteiger partial charge in [0.05, 0.1) is 37.9 Å². The maximum Gasteiger partial charge on any atom is 0.315 e. The maximum absolute atomic E-state index is 12.2. The summed E-state index contributed by atoms with van der Waals surface area (Å²) in [7, 11) is 4.44. The van der Waals surface area contributed by atoms with E-state index < -0.39 is 5.25 Å². The van der Waals surface area contributed by atoms with E-state index in [4.69, 9.17) is 9.47 Å². The monoisotopic (exact) mass is 397 g/mol. The third-order valence-electron chi connectivity index (χ3n) is 3.34. The van der Waals surface area contributed by atoms with Crippen molar-refractivity contribution in [2.75, 3.05) is 32.4 Å². The van der Waals surface area contributed by atoms with Gasteiger partial charge in [0.15, 0.2) is 5.01 Å². The van der Waals surface area contributed by atoms with Gasteiger partial charge in [0.1, 0.15) is 11.5 Å². The van der Waals surface area contributed by atoms with Crippen LogP contribution in [0, 0.1) is 0 Å². The Labute approximate surface area is 159 Å². The van der Waals surface area contributed by atoms with Crippen molar-refractivity contribution in [3.8, 4) is 22.1 Å². The summed E-state index contributed by atoms with van der Waals surface area (Å²) in [5, 5.41) is 11.3. The van der Waals surface area contributed by atoms with Gasteiger partial charge in [-0.25, -0.2) is 0 Å². The van der Waals surface area contributed by atoms with E-state index in [1.54, 1.807) is 33.3 Å². The number of nitrogens with zero attached hydrogens (tertiary/aromatic N) is 2. The molecular formula is C16H19N3O5S2. The van der Waals surface area contributed by atoms with E-state index in [1.165, 1.54) is 30.2 Å². The molecule has 2 rings (SSSR count). The summed E-state index contributed by atoms with van der Waals surface area (Å²) in [6.07, 6.45) is 0. The third-order valence-corrected chi connectivity index (χ3v) is 5.33. The number of nitrogens with one attached hydrogen (secondary N) is 1. The second kappa shape index (κ2) is 9.39.